The van der Waals surface area contributed by atoms with Crippen LogP contribution in [-0.2, 0) is 4.79 Å². The lowest BCUT2D eigenvalue weighted by atomic mass is 10.2. The zero-order chi connectivity index (χ0) is 17.4. The molecule has 2 rings (SSSR count). The molecule has 0 spiro atoms. The van der Waals surface area contributed by atoms with Crippen molar-refractivity contribution in [1.82, 2.24) is 0 Å². The average Bonchev–Trinajstić information content (AvgIpc) is 2.60. The Kier molecular flexibility index (Phi) is 6.23. The van der Waals surface area contributed by atoms with Crippen molar-refractivity contribution in [3.05, 3.63) is 59.1 Å². The van der Waals surface area contributed by atoms with Crippen LogP contribution in [0.5, 0.6) is 17.2 Å². The predicted molar refractivity (Wildman–Crippen MR) is 90.2 cm³/mol. The molecule has 0 atom stereocenters. The lowest BCUT2D eigenvalue weighted by molar-refractivity contribution is -0.136. The van der Waals surface area contributed by atoms with Gasteiger partial charge in [-0.05, 0) is 48.0 Å². The quantitative estimate of drug-likeness (QED) is 0.452. The minimum atomic E-state index is -0.566. The Morgan fingerprint density at radius 3 is 2.62 bits per heavy atom. The second-order valence-electron chi connectivity index (χ2n) is 4.59. The molecule has 0 unspecified atom stereocenters. The van der Waals surface area contributed by atoms with E-state index in [0.717, 1.165) is 5.56 Å². The normalized spacial score (nSPS) is 10.2. The molecule has 0 aromatic heterocycles. The number of carbonyl (C=O) groups is 1. The van der Waals surface area contributed by atoms with E-state index in [1.807, 2.05) is 6.07 Å². The molecule has 0 radical (unpaired) electrons. The highest BCUT2D eigenvalue weighted by Crippen LogP contribution is 2.28. The summed E-state index contributed by atoms with van der Waals surface area (Å²) in [5.74, 6) is 0.607. The lowest BCUT2D eigenvalue weighted by Gasteiger charge is -2.10. The van der Waals surface area contributed by atoms with Crippen LogP contribution in [-0.4, -0.2) is 19.7 Å². The Morgan fingerprint density at radius 1 is 1.21 bits per heavy atom. The summed E-state index contributed by atoms with van der Waals surface area (Å²) in [5.41, 5.74) is 0.755. The van der Waals surface area contributed by atoms with Gasteiger partial charge in [0.25, 0.3) is 0 Å². The van der Waals surface area contributed by atoms with Gasteiger partial charge in [0.15, 0.2) is 18.1 Å². The Morgan fingerprint density at radius 2 is 1.96 bits per heavy atom. The molecule has 0 saturated carbocycles. The predicted octanol–water partition coefficient (Wildman–Crippen LogP) is 3.87. The minimum absolute atomic E-state index is 0.249. The van der Waals surface area contributed by atoms with E-state index in [1.165, 1.54) is 13.2 Å². The first kappa shape index (κ1) is 17.4. The Bertz CT molecular complexity index is 779. The third-order valence-electron chi connectivity index (χ3n) is 2.93. The maximum Gasteiger partial charge on any atom is 0.349 e. The molecule has 0 fully saturated rings. The monoisotopic (exact) mass is 343 g/mol. The van der Waals surface area contributed by atoms with Crippen LogP contribution >= 0.6 is 11.6 Å². The minimum Gasteiger partial charge on any atom is -0.493 e. The number of nitrogens with zero attached hydrogens (tertiary/aromatic N) is 1. The van der Waals surface area contributed by atoms with E-state index in [4.69, 9.17) is 31.1 Å². The largest absolute Gasteiger partial charge is 0.493 e. The maximum atomic E-state index is 11.9. The van der Waals surface area contributed by atoms with Gasteiger partial charge < -0.3 is 14.2 Å². The summed E-state index contributed by atoms with van der Waals surface area (Å²) in [6.45, 7) is -0.249. The molecule has 5 nitrogen and oxygen atoms in total. The van der Waals surface area contributed by atoms with Crippen molar-refractivity contribution in [3.8, 4) is 23.3 Å². The van der Waals surface area contributed by atoms with E-state index in [-0.39, 0.29) is 12.4 Å². The topological polar surface area (TPSA) is 68.5 Å². The van der Waals surface area contributed by atoms with Crippen LogP contribution in [0.25, 0.3) is 6.08 Å². The molecule has 0 aliphatic carbocycles. The highest BCUT2D eigenvalue weighted by molar-refractivity contribution is 6.30. The van der Waals surface area contributed by atoms with Gasteiger partial charge in [-0.2, -0.15) is 5.26 Å². The standard InChI is InChI=1S/C18H14ClNO4/c1-22-17-11-13(3-2-10-20)4-9-16(17)24-18(21)12-23-15-7-5-14(19)6-8-15/h2-9,11H,12H2,1H3/b3-2-. The zero-order valence-electron chi connectivity index (χ0n) is 12.9. The van der Waals surface area contributed by atoms with Crippen LogP contribution < -0.4 is 14.2 Å². The van der Waals surface area contributed by atoms with Crippen LogP contribution in [0.1, 0.15) is 5.56 Å². The van der Waals surface area contributed by atoms with E-state index in [9.17, 15) is 4.79 Å². The number of nitriles is 1. The van der Waals surface area contributed by atoms with Crippen LogP contribution in [0, 0.1) is 11.3 Å². The first-order valence-electron chi connectivity index (χ1n) is 6.95. The molecule has 122 valence electrons. The second-order valence-corrected chi connectivity index (χ2v) is 5.03. The van der Waals surface area contributed by atoms with Crippen molar-refractivity contribution in [2.75, 3.05) is 13.7 Å². The van der Waals surface area contributed by atoms with Gasteiger partial charge in [-0.1, -0.05) is 17.7 Å². The van der Waals surface area contributed by atoms with Gasteiger partial charge in [-0.3, -0.25) is 0 Å². The number of allylic oxidation sites excluding steroid dienone is 1. The molecule has 0 bridgehead atoms. The van der Waals surface area contributed by atoms with Gasteiger partial charge >= 0.3 is 5.97 Å². The highest BCUT2D eigenvalue weighted by atomic mass is 35.5. The number of carbonyl (C=O) groups excluding carboxylic acids is 1. The number of esters is 1. The Hall–Kier alpha value is -2.97. The van der Waals surface area contributed by atoms with Gasteiger partial charge in [0.2, 0.25) is 0 Å². The molecular formula is C18H14ClNO4. The fraction of sp³-hybridized carbons (Fsp3) is 0.111. The molecule has 2 aromatic carbocycles. The summed E-state index contributed by atoms with van der Waals surface area (Å²) in [7, 11) is 1.47. The van der Waals surface area contributed by atoms with Crippen molar-refractivity contribution < 1.29 is 19.0 Å². The number of ether oxygens (including phenoxy) is 3. The molecule has 0 heterocycles. The number of benzene rings is 2. The molecule has 0 saturated heterocycles. The first-order chi connectivity index (χ1) is 11.6. The average molecular weight is 344 g/mol. The van der Waals surface area contributed by atoms with Gasteiger partial charge in [0.1, 0.15) is 5.75 Å². The molecule has 0 N–H and O–H groups in total. The molecule has 2 aromatic rings. The number of methoxy groups -OCH3 is 1. The second kappa shape index (κ2) is 8.61. The number of halogens is 1. The summed E-state index contributed by atoms with van der Waals surface area (Å²) < 4.78 is 15.8. The van der Waals surface area contributed by atoms with Crippen molar-refractivity contribution in [1.29, 1.82) is 5.26 Å². The Balaban J connectivity index is 1.99. The van der Waals surface area contributed by atoms with E-state index < -0.39 is 5.97 Å². The summed E-state index contributed by atoms with van der Waals surface area (Å²) >= 11 is 5.78. The van der Waals surface area contributed by atoms with Crippen molar-refractivity contribution >= 4 is 23.6 Å². The first-order valence-corrected chi connectivity index (χ1v) is 7.33. The van der Waals surface area contributed by atoms with Gasteiger partial charge in [0, 0.05) is 11.1 Å². The molecule has 0 aliphatic heterocycles. The fourth-order valence-electron chi connectivity index (χ4n) is 1.83. The van der Waals surface area contributed by atoms with Gasteiger partial charge in [-0.15, -0.1) is 0 Å². The number of hydrogen-bond donors (Lipinski definition) is 0. The number of hydrogen-bond acceptors (Lipinski definition) is 5. The summed E-state index contributed by atoms with van der Waals surface area (Å²) in [5, 5.41) is 9.12. The van der Waals surface area contributed by atoms with Gasteiger partial charge in [-0.25, -0.2) is 4.79 Å². The third kappa shape index (κ3) is 5.04. The maximum absolute atomic E-state index is 11.9. The van der Waals surface area contributed by atoms with E-state index in [0.29, 0.717) is 16.5 Å². The third-order valence-corrected chi connectivity index (χ3v) is 3.18. The SMILES string of the molecule is COc1cc(/C=C\C#N)ccc1OC(=O)COc1ccc(Cl)cc1. The van der Waals surface area contributed by atoms with Crippen LogP contribution in [0.3, 0.4) is 0 Å². The number of rotatable bonds is 6. The van der Waals surface area contributed by atoms with Crippen LogP contribution in [0.15, 0.2) is 48.5 Å². The lowest BCUT2D eigenvalue weighted by Crippen LogP contribution is -2.18. The highest BCUT2D eigenvalue weighted by Gasteiger charge is 2.11. The molecule has 0 aliphatic rings. The van der Waals surface area contributed by atoms with E-state index in [2.05, 4.69) is 0 Å². The zero-order valence-corrected chi connectivity index (χ0v) is 13.6. The van der Waals surface area contributed by atoms with Gasteiger partial charge in [0.05, 0.1) is 13.2 Å². The summed E-state index contributed by atoms with van der Waals surface area (Å²) in [4.78, 5) is 11.9. The van der Waals surface area contributed by atoms with Crippen molar-refractivity contribution in [2.45, 2.75) is 0 Å². The van der Waals surface area contributed by atoms with Crippen LogP contribution in [0.4, 0.5) is 0 Å². The summed E-state index contributed by atoms with van der Waals surface area (Å²) in [6.07, 6.45) is 2.97. The molecular weight excluding hydrogens is 330 g/mol. The van der Waals surface area contributed by atoms with E-state index in [1.54, 1.807) is 48.5 Å². The molecule has 0 amide bonds. The summed E-state index contributed by atoms with van der Waals surface area (Å²) in [6, 6.07) is 13.5. The van der Waals surface area contributed by atoms with Crippen molar-refractivity contribution in [2.24, 2.45) is 0 Å². The fourth-order valence-corrected chi connectivity index (χ4v) is 1.96. The van der Waals surface area contributed by atoms with Crippen LogP contribution in [0.2, 0.25) is 5.02 Å². The smallest absolute Gasteiger partial charge is 0.349 e. The Labute approximate surface area is 144 Å². The molecule has 6 heteroatoms. The van der Waals surface area contributed by atoms with Crippen molar-refractivity contribution in [3.63, 3.8) is 0 Å². The van der Waals surface area contributed by atoms with E-state index >= 15 is 0 Å². The molecule has 24 heavy (non-hydrogen) atoms.